The summed E-state index contributed by atoms with van der Waals surface area (Å²) >= 11 is 12.6. The van der Waals surface area contributed by atoms with Crippen LogP contribution >= 0.6 is 23.2 Å². The van der Waals surface area contributed by atoms with Crippen LogP contribution in [0.25, 0.3) is 5.69 Å². The molecule has 0 saturated heterocycles. The molecule has 12 nitrogen and oxygen atoms in total. The number of alkyl halides is 2. The van der Waals surface area contributed by atoms with Gasteiger partial charge in [0.2, 0.25) is 10.0 Å². The third-order valence-corrected chi connectivity index (χ3v) is 8.91. The summed E-state index contributed by atoms with van der Waals surface area (Å²) in [5.41, 5.74) is -4.98. The fraction of sp³-hybridized carbons (Fsp3) is 0.318. The molecule has 1 saturated carbocycles. The number of sulfonamides is 1. The first-order valence-corrected chi connectivity index (χ1v) is 15.4. The lowest BCUT2D eigenvalue weighted by molar-refractivity contribution is 0.141. The second kappa shape index (κ2) is 10.7. The lowest BCUT2D eigenvalue weighted by Crippen LogP contribution is -2.41. The predicted octanol–water partition coefficient (Wildman–Crippen LogP) is 2.82. The Morgan fingerprint density at radius 3 is 2.27 bits per heavy atom. The maximum Gasteiger partial charge on any atom is 0.349 e. The topological polar surface area (TPSA) is 167 Å². The molecular weight excluding hydrogens is 621 g/mol. The van der Waals surface area contributed by atoms with Crippen LogP contribution in [0.3, 0.4) is 0 Å². The van der Waals surface area contributed by atoms with E-state index in [2.05, 4.69) is 9.82 Å². The molecule has 1 aliphatic rings. The van der Waals surface area contributed by atoms with Gasteiger partial charge in [-0.25, -0.2) is 35.1 Å². The Labute approximate surface area is 235 Å². The number of aromatic amines is 1. The summed E-state index contributed by atoms with van der Waals surface area (Å²) in [6.45, 7) is 0. The molecule has 0 atom stereocenters. The number of methoxy groups -OCH3 is 1. The molecule has 4 rings (SSSR count). The van der Waals surface area contributed by atoms with Crippen molar-refractivity contribution in [2.45, 2.75) is 29.7 Å². The van der Waals surface area contributed by atoms with Crippen LogP contribution in [0.15, 0.2) is 44.8 Å². The predicted molar refractivity (Wildman–Crippen MR) is 140 cm³/mol. The number of H-pyrrole nitrogens is 1. The van der Waals surface area contributed by atoms with Crippen molar-refractivity contribution in [1.82, 2.24) is 19.5 Å². The molecule has 40 heavy (non-hydrogen) atoms. The van der Waals surface area contributed by atoms with Gasteiger partial charge < -0.3 is 9.47 Å². The zero-order chi connectivity index (χ0) is 29.6. The van der Waals surface area contributed by atoms with E-state index in [1.165, 1.54) is 19.2 Å². The molecule has 0 aliphatic heterocycles. The summed E-state index contributed by atoms with van der Waals surface area (Å²) in [6, 6.07) is 5.97. The Bertz CT molecular complexity index is 1800. The number of aromatic nitrogens is 3. The van der Waals surface area contributed by atoms with Gasteiger partial charge in [0.15, 0.2) is 11.4 Å². The number of hydrogen-bond acceptors (Lipinski definition) is 9. The monoisotopic (exact) mass is 640 g/mol. The first-order valence-electron chi connectivity index (χ1n) is 11.1. The van der Waals surface area contributed by atoms with Crippen LogP contribution in [0, 0.1) is 0 Å². The van der Waals surface area contributed by atoms with Gasteiger partial charge in [-0.15, -0.1) is 0 Å². The number of halogens is 4. The van der Waals surface area contributed by atoms with Crippen LogP contribution in [-0.2, 0) is 19.9 Å². The molecule has 3 aromatic rings. The van der Waals surface area contributed by atoms with Crippen LogP contribution in [0.4, 0.5) is 8.78 Å². The van der Waals surface area contributed by atoms with Gasteiger partial charge in [0, 0.05) is 17.9 Å². The molecule has 0 unspecified atom stereocenters. The van der Waals surface area contributed by atoms with Crippen molar-refractivity contribution >= 4 is 43.1 Å². The zero-order valence-electron chi connectivity index (χ0n) is 20.6. The van der Waals surface area contributed by atoms with E-state index >= 15 is 0 Å². The van der Waals surface area contributed by atoms with Gasteiger partial charge in [0.25, 0.3) is 12.0 Å². The van der Waals surface area contributed by atoms with E-state index in [0.29, 0.717) is 17.5 Å². The quantitative estimate of drug-likeness (QED) is 0.339. The second-order valence-corrected chi connectivity index (χ2v) is 13.6. The van der Waals surface area contributed by atoms with E-state index in [4.69, 9.17) is 32.7 Å². The van der Waals surface area contributed by atoms with E-state index in [1.54, 1.807) is 4.98 Å². The molecule has 216 valence electrons. The molecule has 0 amide bonds. The van der Waals surface area contributed by atoms with Gasteiger partial charge in [-0.05, 0) is 37.1 Å². The van der Waals surface area contributed by atoms with Crippen LogP contribution in [0.1, 0.15) is 25.0 Å². The molecule has 0 spiro atoms. The van der Waals surface area contributed by atoms with Crippen molar-refractivity contribution in [2.75, 3.05) is 19.1 Å². The molecule has 0 bridgehead atoms. The number of nitrogens with one attached hydrogen (secondary N) is 2. The average molecular weight is 641 g/mol. The summed E-state index contributed by atoms with van der Waals surface area (Å²) < 4.78 is 90.0. The summed E-state index contributed by atoms with van der Waals surface area (Å²) in [4.78, 5) is 25.1. The van der Waals surface area contributed by atoms with Gasteiger partial charge >= 0.3 is 5.69 Å². The van der Waals surface area contributed by atoms with Crippen LogP contribution < -0.4 is 25.4 Å². The largest absolute Gasteiger partial charge is 0.495 e. The van der Waals surface area contributed by atoms with Crippen molar-refractivity contribution in [3.8, 4) is 22.9 Å². The van der Waals surface area contributed by atoms with Gasteiger partial charge in [0.1, 0.15) is 26.2 Å². The number of nitrogens with zero attached hydrogens (tertiary/aromatic N) is 2. The van der Waals surface area contributed by atoms with E-state index < -0.39 is 48.8 Å². The standard InChI is InChI=1S/C22H20Cl2F2N4O8S2/c1-37-15-4-3-12(9-16(15)40(35,36)29-22(5-6-22)10-39(2,33)34)38-18-13(23)7-11(8-14(18)24)30-21(32)27-20(31)17(28-30)19(25)26/h3-4,7-9,19,29H,5-6,10H2,1-2H3,(H,27,31,32). The highest BCUT2D eigenvalue weighted by Crippen LogP contribution is 2.41. The Morgan fingerprint density at radius 1 is 1.12 bits per heavy atom. The van der Waals surface area contributed by atoms with Crippen LogP contribution in [0.5, 0.6) is 17.2 Å². The highest BCUT2D eigenvalue weighted by Gasteiger charge is 2.48. The smallest absolute Gasteiger partial charge is 0.349 e. The summed E-state index contributed by atoms with van der Waals surface area (Å²) in [5, 5.41) is 2.94. The van der Waals surface area contributed by atoms with Gasteiger partial charge in [-0.2, -0.15) is 9.78 Å². The second-order valence-electron chi connectivity index (χ2n) is 8.97. The number of sulfone groups is 1. The Morgan fingerprint density at radius 2 is 1.75 bits per heavy atom. The van der Waals surface area contributed by atoms with Gasteiger partial charge in [-0.3, -0.25) is 9.78 Å². The lowest BCUT2D eigenvalue weighted by Gasteiger charge is -2.19. The highest BCUT2D eigenvalue weighted by atomic mass is 35.5. The molecule has 1 aromatic heterocycles. The zero-order valence-corrected chi connectivity index (χ0v) is 23.7. The van der Waals surface area contributed by atoms with Crippen molar-refractivity contribution in [1.29, 1.82) is 0 Å². The van der Waals surface area contributed by atoms with E-state index in [0.717, 1.165) is 24.5 Å². The molecule has 2 aromatic carbocycles. The normalized spacial score (nSPS) is 14.8. The first-order chi connectivity index (χ1) is 18.5. The summed E-state index contributed by atoms with van der Waals surface area (Å²) in [7, 11) is -6.52. The number of rotatable bonds is 10. The van der Waals surface area contributed by atoms with Gasteiger partial charge in [-0.1, -0.05) is 23.2 Å². The molecule has 1 aliphatic carbocycles. The summed E-state index contributed by atoms with van der Waals surface area (Å²) in [5.74, 6) is -0.678. The molecule has 0 radical (unpaired) electrons. The fourth-order valence-electron chi connectivity index (χ4n) is 3.81. The highest BCUT2D eigenvalue weighted by molar-refractivity contribution is 7.91. The Balaban J connectivity index is 1.68. The number of hydrogen-bond donors (Lipinski definition) is 2. The molecule has 1 heterocycles. The molecule has 1 fully saturated rings. The number of ether oxygens (including phenoxy) is 2. The van der Waals surface area contributed by atoms with E-state index in [-0.39, 0.29) is 43.6 Å². The minimum atomic E-state index is -4.29. The SMILES string of the molecule is COc1ccc(Oc2c(Cl)cc(-n3nc(C(F)F)c(=O)[nH]c3=O)cc2Cl)cc1S(=O)(=O)NC1(CS(C)(=O)=O)CC1. The van der Waals surface area contributed by atoms with Gasteiger partial charge in [0.05, 0.1) is 28.6 Å². The number of benzene rings is 2. The van der Waals surface area contributed by atoms with Crippen molar-refractivity contribution in [2.24, 2.45) is 0 Å². The maximum absolute atomic E-state index is 13.2. The van der Waals surface area contributed by atoms with Crippen molar-refractivity contribution in [3.63, 3.8) is 0 Å². The fourth-order valence-corrected chi connectivity index (χ4v) is 7.47. The molecule has 2 N–H and O–H groups in total. The third-order valence-electron chi connectivity index (χ3n) is 5.67. The lowest BCUT2D eigenvalue weighted by atomic mass is 10.3. The average Bonchev–Trinajstić information content (AvgIpc) is 3.56. The van der Waals surface area contributed by atoms with Crippen molar-refractivity contribution < 1.29 is 35.1 Å². The Hall–Kier alpha value is -3.05. The first kappa shape index (κ1) is 29.9. The Kier molecular flexibility index (Phi) is 8.03. The maximum atomic E-state index is 13.2. The van der Waals surface area contributed by atoms with Crippen LogP contribution in [-0.4, -0.2) is 56.3 Å². The summed E-state index contributed by atoms with van der Waals surface area (Å²) in [6.07, 6.45) is -1.58. The van der Waals surface area contributed by atoms with E-state index in [1.807, 2.05) is 0 Å². The minimum Gasteiger partial charge on any atom is -0.495 e. The van der Waals surface area contributed by atoms with E-state index in [9.17, 15) is 35.2 Å². The van der Waals surface area contributed by atoms with Crippen LogP contribution in [0.2, 0.25) is 10.0 Å². The van der Waals surface area contributed by atoms with Crippen molar-refractivity contribution in [3.05, 3.63) is 66.9 Å². The minimum absolute atomic E-state index is 0.0547. The molecule has 18 heteroatoms. The molecular formula is C22H20Cl2F2N4O8S2. The third kappa shape index (κ3) is 6.46.